The Balaban J connectivity index is 1.78. The largest absolute Gasteiger partial charge is 0.390 e. The highest BCUT2D eigenvalue weighted by atomic mass is 16.3. The molecule has 0 unspecified atom stereocenters. The Morgan fingerprint density at radius 1 is 1.14 bits per heavy atom. The van der Waals surface area contributed by atoms with Crippen molar-refractivity contribution in [2.24, 2.45) is 5.73 Å². The Labute approximate surface area is 167 Å². The maximum atomic E-state index is 10.5. The van der Waals surface area contributed by atoms with Gasteiger partial charge in [0.15, 0.2) is 17.4 Å². The van der Waals surface area contributed by atoms with Crippen LogP contribution in [0.25, 0.3) is 28.1 Å². The SMILES string of the molecule is CCC[C@](N)(O)c1ccnc(-c2ccc3cnn(-c4cccc(CO)n4)c3c2)n1. The van der Waals surface area contributed by atoms with Crippen LogP contribution in [0.3, 0.4) is 0 Å². The lowest BCUT2D eigenvalue weighted by molar-refractivity contribution is 0.0290. The van der Waals surface area contributed by atoms with Gasteiger partial charge in [0.1, 0.15) is 0 Å². The Morgan fingerprint density at radius 2 is 2.00 bits per heavy atom. The summed E-state index contributed by atoms with van der Waals surface area (Å²) < 4.78 is 1.71. The highest BCUT2D eigenvalue weighted by Gasteiger charge is 2.25. The van der Waals surface area contributed by atoms with Crippen molar-refractivity contribution in [2.45, 2.75) is 32.1 Å². The third-order valence-corrected chi connectivity index (χ3v) is 4.73. The average Bonchev–Trinajstić information content (AvgIpc) is 3.17. The quantitative estimate of drug-likeness (QED) is 0.432. The number of hydrogen-bond donors (Lipinski definition) is 3. The zero-order valence-electron chi connectivity index (χ0n) is 16.0. The molecule has 4 rings (SSSR count). The molecule has 3 heterocycles. The van der Waals surface area contributed by atoms with E-state index in [0.29, 0.717) is 29.5 Å². The van der Waals surface area contributed by atoms with Gasteiger partial charge in [-0.25, -0.2) is 19.6 Å². The highest BCUT2D eigenvalue weighted by Crippen LogP contribution is 2.26. The Bertz CT molecular complexity index is 1150. The van der Waals surface area contributed by atoms with Crippen LogP contribution in [0.2, 0.25) is 0 Å². The van der Waals surface area contributed by atoms with E-state index in [4.69, 9.17) is 5.73 Å². The summed E-state index contributed by atoms with van der Waals surface area (Å²) in [6.45, 7) is 1.81. The van der Waals surface area contributed by atoms with Gasteiger partial charge in [0, 0.05) is 17.1 Å². The second kappa shape index (κ2) is 7.67. The van der Waals surface area contributed by atoms with Crippen LogP contribution in [-0.4, -0.2) is 34.9 Å². The second-order valence-corrected chi connectivity index (χ2v) is 6.91. The minimum Gasteiger partial charge on any atom is -0.390 e. The smallest absolute Gasteiger partial charge is 0.159 e. The summed E-state index contributed by atoms with van der Waals surface area (Å²) in [5.74, 6) is 1.08. The lowest BCUT2D eigenvalue weighted by Gasteiger charge is -2.22. The monoisotopic (exact) mass is 390 g/mol. The molecule has 29 heavy (non-hydrogen) atoms. The summed E-state index contributed by atoms with van der Waals surface area (Å²) in [6.07, 6.45) is 4.49. The second-order valence-electron chi connectivity index (χ2n) is 6.91. The van der Waals surface area contributed by atoms with Crippen LogP contribution < -0.4 is 5.73 Å². The van der Waals surface area contributed by atoms with Crippen LogP contribution in [-0.2, 0) is 12.3 Å². The number of pyridine rings is 1. The lowest BCUT2D eigenvalue weighted by Crippen LogP contribution is -2.37. The molecular formula is C21H22N6O2. The van der Waals surface area contributed by atoms with E-state index in [1.54, 1.807) is 29.2 Å². The van der Waals surface area contributed by atoms with Crippen LogP contribution in [0.15, 0.2) is 54.9 Å². The van der Waals surface area contributed by atoms with Crippen molar-refractivity contribution in [3.05, 3.63) is 66.2 Å². The molecule has 0 radical (unpaired) electrons. The molecule has 4 N–H and O–H groups in total. The van der Waals surface area contributed by atoms with E-state index in [-0.39, 0.29) is 6.61 Å². The zero-order chi connectivity index (χ0) is 20.4. The number of aromatic nitrogens is 5. The van der Waals surface area contributed by atoms with E-state index in [9.17, 15) is 10.2 Å². The van der Waals surface area contributed by atoms with Gasteiger partial charge in [-0.05, 0) is 30.7 Å². The number of rotatable bonds is 6. The molecule has 3 aromatic heterocycles. The molecular weight excluding hydrogens is 368 g/mol. The van der Waals surface area contributed by atoms with Gasteiger partial charge < -0.3 is 10.2 Å². The molecule has 0 saturated carbocycles. The summed E-state index contributed by atoms with van der Waals surface area (Å²) in [7, 11) is 0. The van der Waals surface area contributed by atoms with Crippen molar-refractivity contribution in [3.8, 4) is 17.2 Å². The Kier molecular flexibility index (Phi) is 5.06. The minimum absolute atomic E-state index is 0.140. The predicted octanol–water partition coefficient (Wildman–Crippen LogP) is 2.27. The van der Waals surface area contributed by atoms with Gasteiger partial charge in [0.25, 0.3) is 0 Å². The van der Waals surface area contributed by atoms with Crippen LogP contribution in [0.4, 0.5) is 0 Å². The van der Waals surface area contributed by atoms with Gasteiger partial charge in [0.05, 0.1) is 29.7 Å². The molecule has 0 aliphatic carbocycles. The van der Waals surface area contributed by atoms with Crippen molar-refractivity contribution in [1.82, 2.24) is 24.7 Å². The van der Waals surface area contributed by atoms with E-state index in [0.717, 1.165) is 22.9 Å². The van der Waals surface area contributed by atoms with Gasteiger partial charge in [-0.3, -0.25) is 5.73 Å². The predicted molar refractivity (Wildman–Crippen MR) is 109 cm³/mol. The number of aliphatic hydroxyl groups is 2. The summed E-state index contributed by atoms with van der Waals surface area (Å²) in [5.41, 5.74) is 7.08. The van der Waals surface area contributed by atoms with Crippen molar-refractivity contribution in [3.63, 3.8) is 0 Å². The van der Waals surface area contributed by atoms with Crippen LogP contribution >= 0.6 is 0 Å². The van der Waals surface area contributed by atoms with Crippen molar-refractivity contribution in [1.29, 1.82) is 0 Å². The topological polar surface area (TPSA) is 123 Å². The molecule has 0 aliphatic heterocycles. The Morgan fingerprint density at radius 3 is 2.79 bits per heavy atom. The van der Waals surface area contributed by atoms with Crippen molar-refractivity contribution in [2.75, 3.05) is 0 Å². The molecule has 148 valence electrons. The van der Waals surface area contributed by atoms with Crippen LogP contribution in [0, 0.1) is 0 Å². The molecule has 4 aromatic rings. The summed E-state index contributed by atoms with van der Waals surface area (Å²) in [6, 6.07) is 12.8. The average molecular weight is 390 g/mol. The lowest BCUT2D eigenvalue weighted by atomic mass is 10.0. The Hall–Kier alpha value is -3.20. The number of nitrogens with two attached hydrogens (primary N) is 1. The first kappa shape index (κ1) is 19.1. The normalized spacial score (nSPS) is 13.5. The third kappa shape index (κ3) is 3.73. The van der Waals surface area contributed by atoms with E-state index < -0.39 is 5.72 Å². The molecule has 0 amide bonds. The maximum Gasteiger partial charge on any atom is 0.159 e. The highest BCUT2D eigenvalue weighted by molar-refractivity contribution is 5.84. The molecule has 8 heteroatoms. The van der Waals surface area contributed by atoms with E-state index in [1.807, 2.05) is 37.3 Å². The van der Waals surface area contributed by atoms with Gasteiger partial charge in [-0.2, -0.15) is 5.10 Å². The molecule has 0 spiro atoms. The standard InChI is InChI=1S/C21H22N6O2/c1-2-9-21(22,29)18-8-10-23-20(26-18)14-6-7-15-12-24-27(17(15)11-14)19-5-3-4-16(13-28)25-19/h3-8,10-12,28-29H,2,9,13,22H2,1H3/t21-/m0/s1. The fourth-order valence-electron chi connectivity index (χ4n) is 3.26. The molecule has 1 atom stereocenters. The van der Waals surface area contributed by atoms with Gasteiger partial charge >= 0.3 is 0 Å². The number of fused-ring (bicyclic) bond motifs is 1. The molecule has 0 aliphatic rings. The van der Waals surface area contributed by atoms with Gasteiger partial charge in [0.2, 0.25) is 0 Å². The van der Waals surface area contributed by atoms with Gasteiger partial charge in [-0.15, -0.1) is 0 Å². The van der Waals surface area contributed by atoms with Crippen LogP contribution in [0.5, 0.6) is 0 Å². The van der Waals surface area contributed by atoms with Crippen molar-refractivity contribution < 1.29 is 10.2 Å². The van der Waals surface area contributed by atoms with Crippen LogP contribution in [0.1, 0.15) is 31.2 Å². The summed E-state index contributed by atoms with van der Waals surface area (Å²) >= 11 is 0. The first-order valence-corrected chi connectivity index (χ1v) is 9.42. The number of nitrogens with zero attached hydrogens (tertiary/aromatic N) is 5. The van der Waals surface area contributed by atoms with E-state index in [1.165, 1.54) is 0 Å². The van der Waals surface area contributed by atoms with Crippen molar-refractivity contribution >= 4 is 10.9 Å². The summed E-state index contributed by atoms with van der Waals surface area (Å²) in [5, 5.41) is 25.2. The first-order chi connectivity index (χ1) is 14.0. The van der Waals surface area contributed by atoms with Gasteiger partial charge in [-0.1, -0.05) is 31.5 Å². The fourth-order valence-corrected chi connectivity index (χ4v) is 3.26. The molecule has 1 aromatic carbocycles. The zero-order valence-corrected chi connectivity index (χ0v) is 16.0. The molecule has 8 nitrogen and oxygen atoms in total. The molecule has 0 saturated heterocycles. The maximum absolute atomic E-state index is 10.5. The molecule has 0 fully saturated rings. The third-order valence-electron chi connectivity index (χ3n) is 4.73. The molecule has 0 bridgehead atoms. The minimum atomic E-state index is -1.49. The summed E-state index contributed by atoms with van der Waals surface area (Å²) in [4.78, 5) is 13.3. The number of aliphatic hydroxyl groups excluding tert-OH is 1. The fraction of sp³-hybridized carbons (Fsp3) is 0.238. The number of benzene rings is 1. The van der Waals surface area contributed by atoms with E-state index >= 15 is 0 Å². The number of hydrogen-bond acceptors (Lipinski definition) is 7. The first-order valence-electron chi connectivity index (χ1n) is 9.42. The van der Waals surface area contributed by atoms with E-state index in [2.05, 4.69) is 20.1 Å².